The number of thiazole rings is 1. The first-order valence-corrected chi connectivity index (χ1v) is 7.52. The molecule has 0 bridgehead atoms. The molecule has 0 fully saturated rings. The van der Waals surface area contributed by atoms with Gasteiger partial charge in [-0.1, -0.05) is 18.3 Å². The minimum Gasteiger partial charge on any atom is -0.354 e. The van der Waals surface area contributed by atoms with Gasteiger partial charge in [-0.15, -0.1) is 0 Å². The van der Waals surface area contributed by atoms with Crippen molar-refractivity contribution in [3.8, 4) is 10.7 Å². The molecule has 0 saturated heterocycles. The maximum absolute atomic E-state index is 5.31. The normalized spacial score (nSPS) is 11.3. The lowest BCUT2D eigenvalue weighted by Crippen LogP contribution is -2.07. The summed E-state index contributed by atoms with van der Waals surface area (Å²) >= 11 is 6.96. The molecule has 0 spiro atoms. The van der Waals surface area contributed by atoms with Gasteiger partial charge in [0.2, 0.25) is 0 Å². The van der Waals surface area contributed by atoms with Crippen LogP contribution in [0.4, 0.5) is 5.13 Å². The molecule has 1 N–H and O–H groups in total. The van der Waals surface area contributed by atoms with E-state index in [1.807, 2.05) is 23.6 Å². The van der Waals surface area contributed by atoms with E-state index in [-0.39, 0.29) is 6.04 Å². The van der Waals surface area contributed by atoms with Crippen LogP contribution in [0.3, 0.4) is 0 Å². The fraction of sp³-hybridized carbons (Fsp3) is 0.583. The molecule has 0 aliphatic carbocycles. The highest BCUT2D eigenvalue weighted by molar-refractivity contribution is 7.71. The van der Waals surface area contributed by atoms with Gasteiger partial charge in [0.25, 0.3) is 0 Å². The lowest BCUT2D eigenvalue weighted by Gasteiger charge is -2.09. The average molecular weight is 297 g/mol. The molecular formula is C12H19N5S2. The first kappa shape index (κ1) is 14.2. The highest BCUT2D eigenvalue weighted by atomic mass is 32.1. The fourth-order valence-corrected chi connectivity index (χ4v) is 3.30. The Bertz CT molecular complexity index is 620. The van der Waals surface area contributed by atoms with E-state index >= 15 is 0 Å². The zero-order valence-electron chi connectivity index (χ0n) is 11.9. The van der Waals surface area contributed by atoms with E-state index in [2.05, 4.69) is 36.0 Å². The second kappa shape index (κ2) is 5.42. The summed E-state index contributed by atoms with van der Waals surface area (Å²) in [7, 11) is 4.00. The molecule has 0 saturated carbocycles. The molecule has 0 amide bonds. The average Bonchev–Trinajstić information content (AvgIpc) is 2.91. The summed E-state index contributed by atoms with van der Waals surface area (Å²) in [6, 6.07) is 0.274. The number of H-pyrrole nitrogens is 1. The summed E-state index contributed by atoms with van der Waals surface area (Å²) in [5.74, 6) is 0.891. The van der Waals surface area contributed by atoms with Crippen molar-refractivity contribution in [2.45, 2.75) is 33.2 Å². The van der Waals surface area contributed by atoms with Gasteiger partial charge in [-0.3, -0.25) is 9.67 Å². The topological polar surface area (TPSA) is 49.7 Å². The minimum absolute atomic E-state index is 0.274. The van der Waals surface area contributed by atoms with Crippen molar-refractivity contribution in [3.05, 3.63) is 10.5 Å². The Balaban J connectivity index is 2.61. The van der Waals surface area contributed by atoms with Gasteiger partial charge >= 0.3 is 0 Å². The van der Waals surface area contributed by atoms with Crippen molar-refractivity contribution >= 4 is 28.7 Å². The lowest BCUT2D eigenvalue weighted by atomic mass is 10.2. The van der Waals surface area contributed by atoms with E-state index in [1.54, 1.807) is 11.3 Å². The Hall–Kier alpha value is -1.21. The molecule has 7 heteroatoms. The van der Waals surface area contributed by atoms with Crippen molar-refractivity contribution in [1.82, 2.24) is 19.7 Å². The number of anilines is 1. The first-order chi connectivity index (χ1) is 8.95. The number of aryl methyl sites for hydroxylation is 1. The van der Waals surface area contributed by atoms with Crippen LogP contribution >= 0.6 is 23.6 Å². The SMILES string of the molecule is CCc1nc(N(C)C)sc1-c1n[nH]c(=S)n1C(C)C. The van der Waals surface area contributed by atoms with Crippen LogP contribution in [-0.4, -0.2) is 33.8 Å². The van der Waals surface area contributed by atoms with Crippen molar-refractivity contribution in [3.63, 3.8) is 0 Å². The number of hydrogen-bond acceptors (Lipinski definition) is 5. The molecule has 19 heavy (non-hydrogen) atoms. The van der Waals surface area contributed by atoms with Gasteiger partial charge in [0.15, 0.2) is 15.7 Å². The van der Waals surface area contributed by atoms with Crippen LogP contribution < -0.4 is 4.90 Å². The predicted octanol–water partition coefficient (Wildman–Crippen LogP) is 3.27. The Kier molecular flexibility index (Phi) is 4.05. The molecule has 0 unspecified atom stereocenters. The van der Waals surface area contributed by atoms with Crippen LogP contribution in [0.2, 0.25) is 0 Å². The zero-order chi connectivity index (χ0) is 14.2. The Labute approximate surface area is 122 Å². The van der Waals surface area contributed by atoms with Crippen molar-refractivity contribution in [1.29, 1.82) is 0 Å². The lowest BCUT2D eigenvalue weighted by molar-refractivity contribution is 0.597. The molecule has 0 aliphatic heterocycles. The largest absolute Gasteiger partial charge is 0.354 e. The van der Waals surface area contributed by atoms with Crippen LogP contribution in [0.5, 0.6) is 0 Å². The Morgan fingerprint density at radius 2 is 2.11 bits per heavy atom. The number of nitrogens with zero attached hydrogens (tertiary/aromatic N) is 4. The van der Waals surface area contributed by atoms with E-state index in [0.29, 0.717) is 4.77 Å². The quantitative estimate of drug-likeness (QED) is 0.880. The second-order valence-electron chi connectivity index (χ2n) is 4.84. The molecule has 104 valence electrons. The molecule has 2 rings (SSSR count). The number of aromatic amines is 1. The molecule has 0 radical (unpaired) electrons. The Morgan fingerprint density at radius 3 is 2.63 bits per heavy atom. The summed E-state index contributed by atoms with van der Waals surface area (Å²) < 4.78 is 2.70. The van der Waals surface area contributed by atoms with Crippen LogP contribution in [-0.2, 0) is 6.42 Å². The Morgan fingerprint density at radius 1 is 1.42 bits per heavy atom. The third kappa shape index (κ3) is 2.57. The van der Waals surface area contributed by atoms with E-state index in [9.17, 15) is 0 Å². The van der Waals surface area contributed by atoms with E-state index < -0.39 is 0 Å². The summed E-state index contributed by atoms with van der Waals surface area (Å²) in [5.41, 5.74) is 1.07. The van der Waals surface area contributed by atoms with Crippen LogP contribution in [0.25, 0.3) is 10.7 Å². The number of hydrogen-bond donors (Lipinski definition) is 1. The standard InChI is InChI=1S/C12H19N5S2/c1-6-8-9(19-12(13-8)16(4)5)10-14-15-11(18)17(10)7(2)3/h7H,6H2,1-5H3,(H,15,18). The monoisotopic (exact) mass is 297 g/mol. The van der Waals surface area contributed by atoms with Crippen LogP contribution in [0, 0.1) is 4.77 Å². The predicted molar refractivity (Wildman–Crippen MR) is 82.6 cm³/mol. The zero-order valence-corrected chi connectivity index (χ0v) is 13.5. The summed E-state index contributed by atoms with van der Waals surface area (Å²) in [4.78, 5) is 7.78. The van der Waals surface area contributed by atoms with Gasteiger partial charge in [-0.25, -0.2) is 4.98 Å². The molecular weight excluding hydrogens is 278 g/mol. The van der Waals surface area contributed by atoms with Crippen molar-refractivity contribution in [2.24, 2.45) is 0 Å². The third-order valence-corrected chi connectivity index (χ3v) is 4.38. The second-order valence-corrected chi connectivity index (χ2v) is 6.20. The van der Waals surface area contributed by atoms with Gasteiger partial charge in [-0.05, 0) is 32.5 Å². The highest BCUT2D eigenvalue weighted by Gasteiger charge is 2.19. The molecule has 5 nitrogen and oxygen atoms in total. The van der Waals surface area contributed by atoms with E-state index in [0.717, 1.165) is 27.9 Å². The first-order valence-electron chi connectivity index (χ1n) is 6.30. The van der Waals surface area contributed by atoms with Gasteiger partial charge < -0.3 is 4.90 Å². The fourth-order valence-electron chi connectivity index (χ4n) is 1.89. The maximum atomic E-state index is 5.31. The van der Waals surface area contributed by atoms with Gasteiger partial charge in [0.05, 0.1) is 10.6 Å². The van der Waals surface area contributed by atoms with Gasteiger partial charge in [0.1, 0.15) is 0 Å². The summed E-state index contributed by atoms with van der Waals surface area (Å²) in [6.45, 7) is 6.32. The van der Waals surface area contributed by atoms with Gasteiger partial charge in [-0.2, -0.15) is 5.10 Å². The molecule has 0 atom stereocenters. The smallest absolute Gasteiger partial charge is 0.195 e. The van der Waals surface area contributed by atoms with Crippen molar-refractivity contribution in [2.75, 3.05) is 19.0 Å². The summed E-state index contributed by atoms with van der Waals surface area (Å²) in [5, 5.41) is 8.27. The minimum atomic E-state index is 0.274. The number of aromatic nitrogens is 4. The van der Waals surface area contributed by atoms with Crippen molar-refractivity contribution < 1.29 is 0 Å². The maximum Gasteiger partial charge on any atom is 0.195 e. The van der Waals surface area contributed by atoms with E-state index in [1.165, 1.54) is 0 Å². The highest BCUT2D eigenvalue weighted by Crippen LogP contribution is 2.34. The van der Waals surface area contributed by atoms with Gasteiger partial charge in [0, 0.05) is 20.1 Å². The third-order valence-electron chi connectivity index (χ3n) is 2.83. The van der Waals surface area contributed by atoms with Crippen LogP contribution in [0.1, 0.15) is 32.5 Å². The van der Waals surface area contributed by atoms with Crippen LogP contribution in [0.15, 0.2) is 0 Å². The number of rotatable bonds is 4. The number of nitrogens with one attached hydrogen (secondary N) is 1. The van der Waals surface area contributed by atoms with E-state index in [4.69, 9.17) is 12.2 Å². The summed E-state index contributed by atoms with van der Waals surface area (Å²) in [6.07, 6.45) is 0.886. The molecule has 2 heterocycles. The molecule has 2 aromatic rings. The molecule has 0 aromatic carbocycles. The molecule has 0 aliphatic rings. The molecule has 2 aromatic heterocycles.